The Morgan fingerprint density at radius 1 is 0.739 bits per heavy atom. The first-order chi connectivity index (χ1) is 21.6. The average Bonchev–Trinajstić information content (AvgIpc) is 2.99. The highest BCUT2D eigenvalue weighted by Gasteiger charge is 2.24. The van der Waals surface area contributed by atoms with Crippen LogP contribution in [-0.4, -0.2) is 53.5 Å². The Balaban J connectivity index is 1.80. The predicted octanol–water partition coefficient (Wildman–Crippen LogP) is 6.58. The number of phenols is 1. The summed E-state index contributed by atoms with van der Waals surface area (Å²) in [5.74, 6) is -0.407. The topological polar surface area (TPSA) is 228 Å². The molecule has 0 bridgehead atoms. The van der Waals surface area contributed by atoms with Gasteiger partial charge in [-0.1, -0.05) is 19.9 Å². The van der Waals surface area contributed by atoms with Gasteiger partial charge in [-0.05, 0) is 72.8 Å². The molecule has 4 aromatic carbocycles. The number of nitrogens with two attached hydrogens (primary N) is 1. The van der Waals surface area contributed by atoms with Crippen LogP contribution in [0.15, 0.2) is 95.8 Å². The van der Waals surface area contributed by atoms with E-state index in [9.17, 15) is 34.9 Å². The van der Waals surface area contributed by atoms with E-state index in [0.717, 1.165) is 6.07 Å². The number of hydrogen-bond donors (Lipinski definition) is 3. The van der Waals surface area contributed by atoms with Crippen molar-refractivity contribution in [1.82, 2.24) is 0 Å². The fourth-order valence-electron chi connectivity index (χ4n) is 4.49. The Hall–Kier alpha value is -4.45. The van der Waals surface area contributed by atoms with Crippen molar-refractivity contribution in [3.05, 3.63) is 60.7 Å². The number of sulfone groups is 2. The van der Waals surface area contributed by atoms with Crippen molar-refractivity contribution >= 4 is 69.0 Å². The third-order valence-electron chi connectivity index (χ3n) is 6.69. The molecule has 0 saturated carbocycles. The van der Waals surface area contributed by atoms with Gasteiger partial charge in [0, 0.05) is 0 Å². The summed E-state index contributed by atoms with van der Waals surface area (Å²) in [5, 5.41) is 27.2. The number of phenolic OH excluding ortho intramolecular Hbond substituents is 1. The number of nitrogens with zero attached hydrogens (tertiary/aromatic N) is 4. The first-order valence-electron chi connectivity index (χ1n) is 13.8. The highest BCUT2D eigenvalue weighted by Crippen LogP contribution is 2.46. The molecule has 0 heterocycles. The molecule has 0 amide bonds. The summed E-state index contributed by atoms with van der Waals surface area (Å²) in [6, 6.07) is 13.2. The number of aromatic hydroxyl groups is 1. The van der Waals surface area contributed by atoms with Crippen LogP contribution in [0.1, 0.15) is 26.7 Å². The lowest BCUT2D eigenvalue weighted by molar-refractivity contribution is 0.415. The fraction of sp³-hybridized carbons (Fsp3) is 0.241. The SMILES string of the molecule is CCCS(=O)(=O)c1ccc(N=Nc2c(S(=O)(=O)O)cc3ccc(N=Nc4cc(S(=O)(=O)CCC)ccc4OC)c(O)c3c2N)cc1. The van der Waals surface area contributed by atoms with Gasteiger partial charge in [0.1, 0.15) is 27.7 Å². The predicted molar refractivity (Wildman–Crippen MR) is 172 cm³/mol. The van der Waals surface area contributed by atoms with Crippen LogP contribution in [0.2, 0.25) is 0 Å². The van der Waals surface area contributed by atoms with Crippen molar-refractivity contribution in [1.29, 1.82) is 0 Å². The zero-order chi connectivity index (χ0) is 33.9. The zero-order valence-corrected chi connectivity index (χ0v) is 27.4. The van der Waals surface area contributed by atoms with Crippen molar-refractivity contribution in [3.63, 3.8) is 0 Å². The quantitative estimate of drug-likeness (QED) is 0.0822. The number of rotatable bonds is 12. The smallest absolute Gasteiger partial charge is 0.296 e. The van der Waals surface area contributed by atoms with Gasteiger partial charge in [-0.3, -0.25) is 4.55 Å². The van der Waals surface area contributed by atoms with Crippen molar-refractivity contribution in [2.45, 2.75) is 41.4 Å². The standard InChI is InChI=1S/C29H31N5O9S3/c1-4-14-44(36,37)20-9-7-19(8-10-20)31-34-28-25(46(40,41)42)16-18-6-12-22(29(35)26(18)27(28)30)32-33-23-17-21(11-13-24(23)43-3)45(38,39)15-5-2/h6-13,16-17,35H,4-5,14-15,30H2,1-3H3,(H,40,41,42). The highest BCUT2D eigenvalue weighted by atomic mass is 32.2. The average molecular weight is 690 g/mol. The van der Waals surface area contributed by atoms with Gasteiger partial charge < -0.3 is 15.6 Å². The number of ether oxygens (including phenoxy) is 1. The Morgan fingerprint density at radius 2 is 1.33 bits per heavy atom. The molecule has 0 spiro atoms. The summed E-state index contributed by atoms with van der Waals surface area (Å²) in [5.41, 5.74) is 5.54. The minimum Gasteiger partial charge on any atom is -0.505 e. The molecule has 46 heavy (non-hydrogen) atoms. The molecule has 244 valence electrons. The molecule has 14 nitrogen and oxygen atoms in total. The number of anilines is 1. The van der Waals surface area contributed by atoms with Gasteiger partial charge in [0.25, 0.3) is 10.1 Å². The lowest BCUT2D eigenvalue weighted by Crippen LogP contribution is -2.05. The van der Waals surface area contributed by atoms with Crippen LogP contribution < -0.4 is 10.5 Å². The van der Waals surface area contributed by atoms with Gasteiger partial charge >= 0.3 is 0 Å². The van der Waals surface area contributed by atoms with Crippen LogP contribution >= 0.6 is 0 Å². The minimum absolute atomic E-state index is 0.0149. The second kappa shape index (κ2) is 13.5. The summed E-state index contributed by atoms with van der Waals surface area (Å²) >= 11 is 0. The Labute approximate surface area is 266 Å². The molecule has 0 aromatic heterocycles. The number of fused-ring (bicyclic) bond motifs is 1. The van der Waals surface area contributed by atoms with E-state index in [1.54, 1.807) is 13.8 Å². The van der Waals surface area contributed by atoms with Crippen LogP contribution in [0.4, 0.5) is 28.4 Å². The molecule has 4 N–H and O–H groups in total. The van der Waals surface area contributed by atoms with Gasteiger partial charge in [0.05, 0.1) is 45.2 Å². The van der Waals surface area contributed by atoms with Crippen molar-refractivity contribution < 1.29 is 39.6 Å². The van der Waals surface area contributed by atoms with Crippen LogP contribution in [-0.2, 0) is 29.8 Å². The molecular formula is C29H31N5O9S3. The Morgan fingerprint density at radius 3 is 1.91 bits per heavy atom. The molecule has 0 aliphatic heterocycles. The van der Waals surface area contributed by atoms with Crippen molar-refractivity contribution in [2.75, 3.05) is 24.3 Å². The van der Waals surface area contributed by atoms with Gasteiger partial charge in [0.15, 0.2) is 25.4 Å². The van der Waals surface area contributed by atoms with Gasteiger partial charge in [-0.15, -0.1) is 15.3 Å². The summed E-state index contributed by atoms with van der Waals surface area (Å²) in [6.45, 7) is 3.48. The maximum Gasteiger partial charge on any atom is 0.296 e. The second-order valence-corrected chi connectivity index (χ2v) is 15.6. The van der Waals surface area contributed by atoms with Crippen LogP contribution in [0.25, 0.3) is 10.8 Å². The maximum atomic E-state index is 12.6. The monoisotopic (exact) mass is 689 g/mol. The van der Waals surface area contributed by atoms with Crippen LogP contribution in [0.3, 0.4) is 0 Å². The lowest BCUT2D eigenvalue weighted by Gasteiger charge is -2.12. The lowest BCUT2D eigenvalue weighted by atomic mass is 10.1. The summed E-state index contributed by atoms with van der Waals surface area (Å²) in [4.78, 5) is -0.594. The highest BCUT2D eigenvalue weighted by molar-refractivity contribution is 7.91. The number of methoxy groups -OCH3 is 1. The first kappa shape index (κ1) is 34.4. The zero-order valence-electron chi connectivity index (χ0n) is 24.9. The maximum absolute atomic E-state index is 12.6. The first-order valence-corrected chi connectivity index (χ1v) is 18.5. The van der Waals surface area contributed by atoms with E-state index >= 15 is 0 Å². The molecule has 0 radical (unpaired) electrons. The van der Waals surface area contributed by atoms with E-state index in [2.05, 4.69) is 20.5 Å². The van der Waals surface area contributed by atoms with Gasteiger partial charge in [0.2, 0.25) is 0 Å². The minimum atomic E-state index is -4.88. The van der Waals surface area contributed by atoms with E-state index < -0.39 is 46.1 Å². The molecule has 0 aliphatic rings. The fourth-order valence-corrected chi connectivity index (χ4v) is 7.83. The largest absolute Gasteiger partial charge is 0.505 e. The number of hydrogen-bond acceptors (Lipinski definition) is 13. The summed E-state index contributed by atoms with van der Waals surface area (Å²) in [6.07, 6.45) is 0.845. The number of benzene rings is 4. The van der Waals surface area contributed by atoms with E-state index in [1.165, 1.54) is 61.7 Å². The summed E-state index contributed by atoms with van der Waals surface area (Å²) in [7, 11) is -10.6. The third-order valence-corrected chi connectivity index (χ3v) is 11.4. The van der Waals surface area contributed by atoms with E-state index in [4.69, 9.17) is 10.5 Å². The normalized spacial score (nSPS) is 12.8. The molecule has 0 saturated heterocycles. The second-order valence-electron chi connectivity index (χ2n) is 10.0. The van der Waals surface area contributed by atoms with Gasteiger partial charge in [-0.2, -0.15) is 13.5 Å². The molecule has 0 aliphatic carbocycles. The summed E-state index contributed by atoms with van der Waals surface area (Å²) < 4.78 is 89.5. The van der Waals surface area contributed by atoms with Gasteiger partial charge in [-0.25, -0.2) is 16.8 Å². The molecule has 4 aromatic rings. The molecule has 0 atom stereocenters. The molecular weight excluding hydrogens is 659 g/mol. The van der Waals surface area contributed by atoms with Crippen molar-refractivity contribution in [2.24, 2.45) is 20.5 Å². The van der Waals surface area contributed by atoms with Crippen LogP contribution in [0, 0.1) is 0 Å². The third kappa shape index (κ3) is 7.33. The molecule has 0 fully saturated rings. The molecule has 4 rings (SSSR count). The van der Waals surface area contributed by atoms with Crippen molar-refractivity contribution in [3.8, 4) is 11.5 Å². The number of nitrogen functional groups attached to an aromatic ring is 1. The van der Waals surface area contributed by atoms with Crippen LogP contribution in [0.5, 0.6) is 11.5 Å². The van der Waals surface area contributed by atoms with E-state index in [-0.39, 0.29) is 60.6 Å². The molecule has 17 heteroatoms. The number of azo groups is 2. The molecule has 0 unspecified atom stereocenters. The Bertz CT molecular complexity index is 2180. The van der Waals surface area contributed by atoms with E-state index in [1.807, 2.05) is 0 Å². The Kier molecular flexibility index (Phi) is 10.1. The van der Waals surface area contributed by atoms with E-state index in [0.29, 0.717) is 12.8 Å².